The van der Waals surface area contributed by atoms with E-state index in [1.807, 2.05) is 18.2 Å². The van der Waals surface area contributed by atoms with Crippen LogP contribution in [0.3, 0.4) is 0 Å². The normalized spacial score (nSPS) is 12.3. The van der Waals surface area contributed by atoms with Crippen molar-refractivity contribution in [2.75, 3.05) is 14.2 Å². The van der Waals surface area contributed by atoms with Crippen LogP contribution < -0.4 is 15.2 Å². The average molecular weight is 209 g/mol. The molecule has 1 rings (SSSR count). The van der Waals surface area contributed by atoms with Gasteiger partial charge in [0, 0.05) is 6.04 Å². The smallest absolute Gasteiger partial charge is 0.160 e. The van der Waals surface area contributed by atoms with E-state index < -0.39 is 0 Å². The second kappa shape index (κ2) is 5.61. The molecule has 0 saturated heterocycles. The third kappa shape index (κ3) is 3.13. The first kappa shape index (κ1) is 11.9. The van der Waals surface area contributed by atoms with Gasteiger partial charge in [-0.3, -0.25) is 0 Å². The average Bonchev–Trinajstić information content (AvgIpc) is 2.28. The van der Waals surface area contributed by atoms with Crippen LogP contribution in [0.25, 0.3) is 0 Å². The third-order valence-electron chi connectivity index (χ3n) is 2.47. The molecule has 0 heterocycles. The predicted octanol–water partition coefficient (Wildman–Crippen LogP) is 1.98. The van der Waals surface area contributed by atoms with Crippen LogP contribution in [0.2, 0.25) is 0 Å². The summed E-state index contributed by atoms with van der Waals surface area (Å²) < 4.78 is 10.4. The summed E-state index contributed by atoms with van der Waals surface area (Å²) in [6.45, 7) is 2.09. The lowest BCUT2D eigenvalue weighted by atomic mass is 10.0. The number of hydrogen-bond donors (Lipinski definition) is 1. The molecule has 0 amide bonds. The highest BCUT2D eigenvalue weighted by molar-refractivity contribution is 5.43. The number of methoxy groups -OCH3 is 2. The molecule has 0 bridgehead atoms. The van der Waals surface area contributed by atoms with Crippen molar-refractivity contribution in [2.24, 2.45) is 5.73 Å². The quantitative estimate of drug-likeness (QED) is 0.806. The maximum Gasteiger partial charge on any atom is 0.160 e. The van der Waals surface area contributed by atoms with Gasteiger partial charge in [-0.25, -0.2) is 0 Å². The van der Waals surface area contributed by atoms with Crippen LogP contribution in [0.15, 0.2) is 18.2 Å². The molecule has 1 atom stereocenters. The summed E-state index contributed by atoms with van der Waals surface area (Å²) in [5, 5.41) is 0. The second-order valence-corrected chi connectivity index (χ2v) is 3.56. The number of ether oxygens (including phenoxy) is 2. The van der Waals surface area contributed by atoms with Crippen molar-refractivity contribution in [1.82, 2.24) is 0 Å². The Morgan fingerprint density at radius 3 is 2.40 bits per heavy atom. The van der Waals surface area contributed by atoms with Crippen molar-refractivity contribution < 1.29 is 9.47 Å². The third-order valence-corrected chi connectivity index (χ3v) is 2.47. The number of benzene rings is 1. The molecule has 2 N–H and O–H groups in total. The summed E-state index contributed by atoms with van der Waals surface area (Å²) >= 11 is 0. The molecule has 0 fully saturated rings. The zero-order chi connectivity index (χ0) is 11.3. The standard InChI is InChI=1S/C12H19NO2/c1-4-10(13)7-9-5-6-11(14-2)12(8-9)15-3/h5-6,8,10H,4,7,13H2,1-3H3/t10-/m0/s1. The molecule has 0 spiro atoms. The van der Waals surface area contributed by atoms with Crippen molar-refractivity contribution >= 4 is 0 Å². The summed E-state index contributed by atoms with van der Waals surface area (Å²) in [5.74, 6) is 1.52. The minimum atomic E-state index is 0.211. The van der Waals surface area contributed by atoms with Gasteiger partial charge in [0.2, 0.25) is 0 Å². The fourth-order valence-electron chi connectivity index (χ4n) is 1.45. The van der Waals surface area contributed by atoms with E-state index in [9.17, 15) is 0 Å². The first-order valence-electron chi connectivity index (χ1n) is 5.17. The maximum atomic E-state index is 5.90. The van der Waals surface area contributed by atoms with Crippen molar-refractivity contribution in [3.8, 4) is 11.5 Å². The van der Waals surface area contributed by atoms with Crippen molar-refractivity contribution in [1.29, 1.82) is 0 Å². The molecule has 0 saturated carbocycles. The van der Waals surface area contributed by atoms with E-state index in [0.717, 1.165) is 24.3 Å². The Hall–Kier alpha value is -1.22. The van der Waals surface area contributed by atoms with Crippen molar-refractivity contribution in [3.63, 3.8) is 0 Å². The van der Waals surface area contributed by atoms with Gasteiger partial charge in [-0.15, -0.1) is 0 Å². The maximum absolute atomic E-state index is 5.90. The molecular formula is C12H19NO2. The van der Waals surface area contributed by atoms with Crippen molar-refractivity contribution in [2.45, 2.75) is 25.8 Å². The zero-order valence-electron chi connectivity index (χ0n) is 9.62. The molecule has 1 aromatic rings. The second-order valence-electron chi connectivity index (χ2n) is 3.56. The van der Waals surface area contributed by atoms with Crippen LogP contribution in [0.4, 0.5) is 0 Å². The van der Waals surface area contributed by atoms with Gasteiger partial charge in [-0.1, -0.05) is 13.0 Å². The Kier molecular flexibility index (Phi) is 4.43. The number of nitrogens with two attached hydrogens (primary N) is 1. The van der Waals surface area contributed by atoms with Gasteiger partial charge in [-0.2, -0.15) is 0 Å². The Bertz CT molecular complexity index is 312. The fourth-order valence-corrected chi connectivity index (χ4v) is 1.45. The van der Waals surface area contributed by atoms with Gasteiger partial charge in [0.15, 0.2) is 11.5 Å². The van der Waals surface area contributed by atoms with Crippen LogP contribution in [-0.2, 0) is 6.42 Å². The Labute approximate surface area is 91.2 Å². The lowest BCUT2D eigenvalue weighted by molar-refractivity contribution is 0.354. The number of hydrogen-bond acceptors (Lipinski definition) is 3. The molecule has 84 valence electrons. The summed E-state index contributed by atoms with van der Waals surface area (Å²) in [5.41, 5.74) is 7.08. The molecule has 3 nitrogen and oxygen atoms in total. The summed E-state index contributed by atoms with van der Waals surface area (Å²) in [7, 11) is 3.27. The molecular weight excluding hydrogens is 190 g/mol. The van der Waals surface area contributed by atoms with Gasteiger partial charge in [0.25, 0.3) is 0 Å². The monoisotopic (exact) mass is 209 g/mol. The van der Waals surface area contributed by atoms with E-state index in [2.05, 4.69) is 6.92 Å². The highest BCUT2D eigenvalue weighted by atomic mass is 16.5. The van der Waals surface area contributed by atoms with E-state index in [-0.39, 0.29) is 6.04 Å². The van der Waals surface area contributed by atoms with Crippen molar-refractivity contribution in [3.05, 3.63) is 23.8 Å². The van der Waals surface area contributed by atoms with E-state index in [1.165, 1.54) is 5.56 Å². The molecule has 0 aliphatic carbocycles. The van der Waals surface area contributed by atoms with Crippen LogP contribution in [0.5, 0.6) is 11.5 Å². The zero-order valence-corrected chi connectivity index (χ0v) is 9.62. The molecule has 1 aromatic carbocycles. The van der Waals surface area contributed by atoms with Crippen LogP contribution in [-0.4, -0.2) is 20.3 Å². The van der Waals surface area contributed by atoms with Gasteiger partial charge in [0.05, 0.1) is 14.2 Å². The number of rotatable bonds is 5. The van der Waals surface area contributed by atoms with Crippen LogP contribution in [0.1, 0.15) is 18.9 Å². The van der Waals surface area contributed by atoms with E-state index >= 15 is 0 Å². The van der Waals surface area contributed by atoms with Crippen LogP contribution in [0, 0.1) is 0 Å². The lowest BCUT2D eigenvalue weighted by Crippen LogP contribution is -2.21. The Morgan fingerprint density at radius 2 is 1.87 bits per heavy atom. The van der Waals surface area contributed by atoms with Crippen LogP contribution >= 0.6 is 0 Å². The molecule has 0 radical (unpaired) electrons. The summed E-state index contributed by atoms with van der Waals surface area (Å²) in [4.78, 5) is 0. The minimum absolute atomic E-state index is 0.211. The molecule has 15 heavy (non-hydrogen) atoms. The summed E-state index contributed by atoms with van der Waals surface area (Å²) in [6, 6.07) is 6.13. The molecule has 0 aliphatic heterocycles. The SMILES string of the molecule is CC[C@H](N)Cc1ccc(OC)c(OC)c1. The first-order chi connectivity index (χ1) is 7.21. The Morgan fingerprint density at radius 1 is 1.20 bits per heavy atom. The highest BCUT2D eigenvalue weighted by Gasteiger charge is 2.06. The summed E-state index contributed by atoms with van der Waals surface area (Å²) in [6.07, 6.45) is 1.85. The lowest BCUT2D eigenvalue weighted by Gasteiger charge is -2.12. The van der Waals surface area contributed by atoms with E-state index in [0.29, 0.717) is 0 Å². The van der Waals surface area contributed by atoms with E-state index in [4.69, 9.17) is 15.2 Å². The van der Waals surface area contributed by atoms with Gasteiger partial charge < -0.3 is 15.2 Å². The fraction of sp³-hybridized carbons (Fsp3) is 0.500. The minimum Gasteiger partial charge on any atom is -0.493 e. The predicted molar refractivity (Wildman–Crippen MR) is 61.5 cm³/mol. The van der Waals surface area contributed by atoms with Gasteiger partial charge in [-0.05, 0) is 30.5 Å². The molecule has 3 heteroatoms. The highest BCUT2D eigenvalue weighted by Crippen LogP contribution is 2.27. The van der Waals surface area contributed by atoms with Gasteiger partial charge >= 0.3 is 0 Å². The topological polar surface area (TPSA) is 44.5 Å². The van der Waals surface area contributed by atoms with E-state index in [1.54, 1.807) is 14.2 Å². The molecule has 0 aromatic heterocycles. The molecule has 0 aliphatic rings. The molecule has 0 unspecified atom stereocenters. The Balaban J connectivity index is 2.83. The first-order valence-corrected chi connectivity index (χ1v) is 5.17. The largest absolute Gasteiger partial charge is 0.493 e. The van der Waals surface area contributed by atoms with Gasteiger partial charge in [0.1, 0.15) is 0 Å².